The third-order valence-corrected chi connectivity index (χ3v) is 4.77. The van der Waals surface area contributed by atoms with Crippen molar-refractivity contribution in [3.63, 3.8) is 0 Å². The molecule has 0 bridgehead atoms. The lowest BCUT2D eigenvalue weighted by Crippen LogP contribution is -2.13. The zero-order valence-corrected chi connectivity index (χ0v) is 17.5. The van der Waals surface area contributed by atoms with Crippen molar-refractivity contribution in [3.8, 4) is 22.9 Å². The Hall–Kier alpha value is -3.91. The van der Waals surface area contributed by atoms with Crippen LogP contribution in [0.2, 0.25) is 5.02 Å². The first kappa shape index (κ1) is 20.4. The number of aromatic nitrogens is 4. The number of tetrazole rings is 1. The fourth-order valence-corrected chi connectivity index (χ4v) is 3.15. The molecule has 1 aromatic heterocycles. The van der Waals surface area contributed by atoms with Crippen molar-refractivity contribution < 1.29 is 14.3 Å². The highest BCUT2D eigenvalue weighted by Gasteiger charge is 2.14. The van der Waals surface area contributed by atoms with Gasteiger partial charge >= 0.3 is 0 Å². The molecule has 1 N–H and O–H groups in total. The Balaban J connectivity index is 1.56. The zero-order chi connectivity index (χ0) is 21.8. The maximum absolute atomic E-state index is 12.9. The number of rotatable bonds is 6. The van der Waals surface area contributed by atoms with Gasteiger partial charge in [0.15, 0.2) is 5.75 Å². The van der Waals surface area contributed by atoms with E-state index in [1.165, 1.54) is 11.0 Å². The Morgan fingerprint density at radius 2 is 1.81 bits per heavy atom. The highest BCUT2D eigenvalue weighted by atomic mass is 35.5. The van der Waals surface area contributed by atoms with Gasteiger partial charge in [0.05, 0.1) is 18.5 Å². The molecule has 9 heteroatoms. The number of carbonyl (C=O) groups excluding carboxylic acids is 1. The maximum Gasteiger partial charge on any atom is 0.255 e. The van der Waals surface area contributed by atoms with E-state index >= 15 is 0 Å². The number of hydrogen-bond donors (Lipinski definition) is 1. The third kappa shape index (κ3) is 4.65. The first-order chi connectivity index (χ1) is 15.0. The Morgan fingerprint density at radius 3 is 2.48 bits per heavy atom. The lowest BCUT2D eigenvalue weighted by Gasteiger charge is -2.14. The minimum atomic E-state index is -0.298. The van der Waals surface area contributed by atoms with Crippen LogP contribution in [0.4, 0.5) is 5.69 Å². The number of hydrogen-bond acceptors (Lipinski definition) is 6. The van der Waals surface area contributed by atoms with Crippen molar-refractivity contribution in [2.75, 3.05) is 12.4 Å². The van der Waals surface area contributed by atoms with Gasteiger partial charge in [-0.2, -0.15) is 0 Å². The number of aryl methyl sites for hydroxylation is 1. The second-order valence-electron chi connectivity index (χ2n) is 6.63. The fraction of sp³-hybridized carbons (Fsp3) is 0.0909. The molecular formula is C22H18ClN5O3. The summed E-state index contributed by atoms with van der Waals surface area (Å²) >= 11 is 6.15. The molecule has 1 heterocycles. The quantitative estimate of drug-likeness (QED) is 0.473. The number of amides is 1. The van der Waals surface area contributed by atoms with Crippen LogP contribution in [-0.2, 0) is 0 Å². The second kappa shape index (κ2) is 8.85. The first-order valence-corrected chi connectivity index (χ1v) is 9.68. The summed E-state index contributed by atoms with van der Waals surface area (Å²) in [7, 11) is 1.60. The van der Waals surface area contributed by atoms with Crippen LogP contribution in [-0.4, -0.2) is 33.2 Å². The van der Waals surface area contributed by atoms with Gasteiger partial charge in [0.25, 0.3) is 5.91 Å². The van der Waals surface area contributed by atoms with E-state index in [1.807, 2.05) is 6.92 Å². The van der Waals surface area contributed by atoms with Crippen molar-refractivity contribution in [1.82, 2.24) is 20.2 Å². The summed E-state index contributed by atoms with van der Waals surface area (Å²) in [6, 6.07) is 17.4. The van der Waals surface area contributed by atoms with Gasteiger partial charge < -0.3 is 14.8 Å². The summed E-state index contributed by atoms with van der Waals surface area (Å²) in [6.07, 6.45) is 1.50. The Bertz CT molecular complexity index is 1210. The van der Waals surface area contributed by atoms with Gasteiger partial charge in [-0.05, 0) is 83.6 Å². The lowest BCUT2D eigenvalue weighted by molar-refractivity contribution is 0.102. The van der Waals surface area contributed by atoms with Crippen LogP contribution >= 0.6 is 11.6 Å². The molecule has 4 aromatic rings. The van der Waals surface area contributed by atoms with Gasteiger partial charge in [0.1, 0.15) is 17.8 Å². The molecule has 3 aromatic carbocycles. The highest BCUT2D eigenvalue weighted by molar-refractivity contribution is 6.31. The van der Waals surface area contributed by atoms with Crippen LogP contribution in [0.3, 0.4) is 0 Å². The van der Waals surface area contributed by atoms with Gasteiger partial charge in [-0.15, -0.1) is 5.10 Å². The smallest absolute Gasteiger partial charge is 0.255 e. The van der Waals surface area contributed by atoms with E-state index in [0.29, 0.717) is 27.8 Å². The van der Waals surface area contributed by atoms with Gasteiger partial charge in [-0.25, -0.2) is 4.68 Å². The van der Waals surface area contributed by atoms with Crippen LogP contribution in [0.1, 0.15) is 15.9 Å². The largest absolute Gasteiger partial charge is 0.497 e. The summed E-state index contributed by atoms with van der Waals surface area (Å²) < 4.78 is 12.6. The molecule has 0 atom stereocenters. The van der Waals surface area contributed by atoms with Gasteiger partial charge in [-0.3, -0.25) is 4.79 Å². The maximum atomic E-state index is 12.9. The van der Waals surface area contributed by atoms with Crippen molar-refractivity contribution in [3.05, 3.63) is 83.1 Å². The van der Waals surface area contributed by atoms with Crippen LogP contribution in [0.5, 0.6) is 17.2 Å². The van der Waals surface area contributed by atoms with E-state index in [4.69, 9.17) is 21.1 Å². The summed E-state index contributed by atoms with van der Waals surface area (Å²) in [6.45, 7) is 1.88. The molecule has 0 saturated carbocycles. The number of methoxy groups -OCH3 is 1. The molecule has 0 radical (unpaired) electrons. The molecule has 31 heavy (non-hydrogen) atoms. The highest BCUT2D eigenvalue weighted by Crippen LogP contribution is 2.33. The number of halogens is 1. The van der Waals surface area contributed by atoms with E-state index in [-0.39, 0.29) is 5.91 Å². The second-order valence-corrected chi connectivity index (χ2v) is 7.06. The summed E-state index contributed by atoms with van der Waals surface area (Å²) in [5.74, 6) is 1.48. The van der Waals surface area contributed by atoms with Crippen LogP contribution in [0.25, 0.3) is 5.69 Å². The van der Waals surface area contributed by atoms with Crippen molar-refractivity contribution in [1.29, 1.82) is 0 Å². The standard InChI is InChI=1S/C22H18ClN5O3/c1-14-11-15(3-9-20(14)28-13-24-26-27-28)22(29)25-19-12-16(23)4-10-21(19)31-18-7-5-17(30-2)6-8-18/h3-13H,1-2H3,(H,25,29). The van der Waals surface area contributed by atoms with E-state index in [1.54, 1.807) is 67.8 Å². The average Bonchev–Trinajstić information content (AvgIpc) is 3.30. The predicted molar refractivity (Wildman–Crippen MR) is 116 cm³/mol. The predicted octanol–water partition coefficient (Wildman–Crippen LogP) is 4.68. The molecule has 4 rings (SSSR count). The Kier molecular flexibility index (Phi) is 5.81. The molecule has 0 aliphatic carbocycles. The molecule has 0 spiro atoms. The molecule has 1 amide bonds. The number of ether oxygens (including phenoxy) is 2. The SMILES string of the molecule is COc1ccc(Oc2ccc(Cl)cc2NC(=O)c2ccc(-n3cnnn3)c(C)c2)cc1. The van der Waals surface area contributed by atoms with E-state index in [0.717, 1.165) is 17.0 Å². The monoisotopic (exact) mass is 435 g/mol. The number of anilines is 1. The molecule has 8 nitrogen and oxygen atoms in total. The zero-order valence-electron chi connectivity index (χ0n) is 16.7. The molecule has 0 fully saturated rings. The summed E-state index contributed by atoms with van der Waals surface area (Å²) in [5, 5.41) is 14.5. The first-order valence-electron chi connectivity index (χ1n) is 9.30. The summed E-state index contributed by atoms with van der Waals surface area (Å²) in [4.78, 5) is 12.9. The average molecular weight is 436 g/mol. The molecule has 0 saturated heterocycles. The van der Waals surface area contributed by atoms with Crippen LogP contribution < -0.4 is 14.8 Å². The van der Waals surface area contributed by atoms with E-state index in [2.05, 4.69) is 20.8 Å². The number of nitrogens with one attached hydrogen (secondary N) is 1. The minimum absolute atomic E-state index is 0.298. The Morgan fingerprint density at radius 1 is 1.03 bits per heavy atom. The Labute approximate surface area is 183 Å². The molecule has 0 aliphatic rings. The van der Waals surface area contributed by atoms with E-state index < -0.39 is 0 Å². The number of nitrogens with zero attached hydrogens (tertiary/aromatic N) is 4. The van der Waals surface area contributed by atoms with Crippen molar-refractivity contribution >= 4 is 23.2 Å². The molecule has 156 valence electrons. The van der Waals surface area contributed by atoms with Crippen molar-refractivity contribution in [2.45, 2.75) is 6.92 Å². The third-order valence-electron chi connectivity index (χ3n) is 4.53. The lowest BCUT2D eigenvalue weighted by atomic mass is 10.1. The van der Waals surface area contributed by atoms with Gasteiger partial charge in [0.2, 0.25) is 0 Å². The summed E-state index contributed by atoms with van der Waals surface area (Å²) in [5.41, 5.74) is 2.56. The normalized spacial score (nSPS) is 10.5. The van der Waals surface area contributed by atoms with Gasteiger partial charge in [-0.1, -0.05) is 11.6 Å². The minimum Gasteiger partial charge on any atom is -0.497 e. The van der Waals surface area contributed by atoms with Crippen molar-refractivity contribution in [2.24, 2.45) is 0 Å². The number of benzene rings is 3. The molecular weight excluding hydrogens is 418 g/mol. The van der Waals surface area contributed by atoms with E-state index in [9.17, 15) is 4.79 Å². The molecule has 0 unspecified atom stereocenters. The topological polar surface area (TPSA) is 91.2 Å². The van der Waals surface area contributed by atoms with Gasteiger partial charge in [0, 0.05) is 10.6 Å². The van der Waals surface area contributed by atoms with Crippen LogP contribution in [0, 0.1) is 6.92 Å². The number of carbonyl (C=O) groups is 1. The fourth-order valence-electron chi connectivity index (χ4n) is 2.98. The van der Waals surface area contributed by atoms with Crippen LogP contribution in [0.15, 0.2) is 67.0 Å². The molecule has 0 aliphatic heterocycles.